The van der Waals surface area contributed by atoms with Crippen molar-refractivity contribution in [3.05, 3.63) is 0 Å². The molecular formula is C13H31NO3. The molecular weight excluding hydrogens is 218 g/mol. The van der Waals surface area contributed by atoms with Gasteiger partial charge in [-0.15, -0.1) is 0 Å². The van der Waals surface area contributed by atoms with Gasteiger partial charge >= 0.3 is 0 Å². The van der Waals surface area contributed by atoms with Gasteiger partial charge in [0.05, 0.1) is 6.10 Å². The second kappa shape index (κ2) is 24.4. The van der Waals surface area contributed by atoms with Gasteiger partial charge in [0.15, 0.2) is 0 Å². The zero-order chi connectivity index (χ0) is 14.9. The van der Waals surface area contributed by atoms with Crippen molar-refractivity contribution in [3.8, 4) is 0 Å². The third-order valence-corrected chi connectivity index (χ3v) is 1.61. The molecule has 0 aliphatic carbocycles. The lowest BCUT2D eigenvalue weighted by molar-refractivity contribution is -0.128. The highest BCUT2D eigenvalue weighted by molar-refractivity contribution is 5.73. The number of rotatable bonds is 0. The van der Waals surface area contributed by atoms with Crippen molar-refractivity contribution < 1.29 is 14.7 Å². The van der Waals surface area contributed by atoms with E-state index in [1.54, 1.807) is 4.90 Å². The molecule has 1 fully saturated rings. The van der Waals surface area contributed by atoms with Crippen LogP contribution in [0.25, 0.3) is 0 Å². The highest BCUT2D eigenvalue weighted by Gasteiger charge is 2.21. The molecule has 0 spiro atoms. The van der Waals surface area contributed by atoms with Gasteiger partial charge in [0, 0.05) is 20.0 Å². The third-order valence-electron chi connectivity index (χ3n) is 1.61. The smallest absolute Gasteiger partial charge is 0.219 e. The first-order valence-corrected chi connectivity index (χ1v) is 6.42. The highest BCUT2D eigenvalue weighted by atomic mass is 16.3. The molecule has 4 heteroatoms. The Balaban J connectivity index is -0.0000000905. The number of amides is 1. The molecule has 1 rings (SSSR count). The highest BCUT2D eigenvalue weighted by Crippen LogP contribution is 2.07. The Kier molecular flexibility index (Phi) is 35.9. The lowest BCUT2D eigenvalue weighted by Gasteiger charge is -2.10. The molecule has 0 saturated carbocycles. The number of carbonyl (C=O) groups excluding carboxylic acids is 2. The van der Waals surface area contributed by atoms with E-state index in [1.807, 2.05) is 48.3 Å². The van der Waals surface area contributed by atoms with Gasteiger partial charge in [-0.2, -0.15) is 0 Å². The number of likely N-dealkylation sites (tertiary alicyclic amines) is 1. The SMILES string of the molecule is C=O.CC.CC.CC.CC(=O)N1CCC(O)C1. The molecule has 106 valence electrons. The zero-order valence-electron chi connectivity index (χ0n) is 12.6. The molecule has 0 aromatic carbocycles. The second-order valence-electron chi connectivity index (χ2n) is 2.41. The standard InChI is InChI=1S/C6H11NO2.3C2H6.CH2O/c1-5(8)7-3-2-6(9)4-7;4*1-2/h6,9H,2-4H2,1H3;3*1-2H3;1H2. The number of hydrogen-bond donors (Lipinski definition) is 1. The molecule has 0 bridgehead atoms. The minimum absolute atomic E-state index is 0.0616. The van der Waals surface area contributed by atoms with Gasteiger partial charge in [-0.05, 0) is 6.42 Å². The number of β-amino-alcohol motifs (C(OH)–C–C–N with tert-alkyl or cyclic N) is 1. The average molecular weight is 249 g/mol. The summed E-state index contributed by atoms with van der Waals surface area (Å²) in [6.07, 6.45) is 0.452. The van der Waals surface area contributed by atoms with Crippen molar-refractivity contribution in [1.82, 2.24) is 4.90 Å². The summed E-state index contributed by atoms with van der Waals surface area (Å²) < 4.78 is 0. The van der Waals surface area contributed by atoms with Gasteiger partial charge in [0.2, 0.25) is 5.91 Å². The third kappa shape index (κ3) is 17.7. The molecule has 1 aliphatic heterocycles. The summed E-state index contributed by atoms with van der Waals surface area (Å²) in [7, 11) is 0. The van der Waals surface area contributed by atoms with E-state index in [4.69, 9.17) is 9.90 Å². The van der Waals surface area contributed by atoms with Crippen LogP contribution in [-0.2, 0) is 9.59 Å². The molecule has 1 heterocycles. The molecule has 0 aromatic heterocycles. The molecule has 1 saturated heterocycles. The van der Waals surface area contributed by atoms with Gasteiger partial charge in [-0.1, -0.05) is 41.5 Å². The molecule has 1 amide bonds. The molecule has 0 aromatic rings. The van der Waals surface area contributed by atoms with Crippen LogP contribution >= 0.6 is 0 Å². The van der Waals surface area contributed by atoms with Crippen LogP contribution in [0.5, 0.6) is 0 Å². The van der Waals surface area contributed by atoms with Crippen LogP contribution in [0.15, 0.2) is 0 Å². The molecule has 1 N–H and O–H groups in total. The fourth-order valence-corrected chi connectivity index (χ4v) is 1.03. The van der Waals surface area contributed by atoms with Crippen molar-refractivity contribution in [3.63, 3.8) is 0 Å². The van der Waals surface area contributed by atoms with Crippen LogP contribution in [0.4, 0.5) is 0 Å². The number of hydrogen-bond acceptors (Lipinski definition) is 3. The summed E-state index contributed by atoms with van der Waals surface area (Å²) in [6.45, 7) is 16.8. The topological polar surface area (TPSA) is 57.6 Å². The molecule has 1 aliphatic rings. The predicted octanol–water partition coefficient (Wildman–Crippen LogP) is 2.49. The van der Waals surface area contributed by atoms with Crippen molar-refractivity contribution in [2.24, 2.45) is 0 Å². The number of nitrogens with zero attached hydrogens (tertiary/aromatic N) is 1. The summed E-state index contributed by atoms with van der Waals surface area (Å²) in [6, 6.07) is 0. The number of aliphatic hydroxyl groups is 1. The summed E-state index contributed by atoms with van der Waals surface area (Å²) >= 11 is 0. The first-order valence-electron chi connectivity index (χ1n) is 6.42. The van der Waals surface area contributed by atoms with Gasteiger partial charge < -0.3 is 14.8 Å². The Morgan fingerprint density at radius 1 is 1.12 bits per heavy atom. The first kappa shape index (κ1) is 25.1. The van der Waals surface area contributed by atoms with E-state index >= 15 is 0 Å². The zero-order valence-corrected chi connectivity index (χ0v) is 12.6. The minimum Gasteiger partial charge on any atom is -0.391 e. The van der Waals surface area contributed by atoms with Crippen molar-refractivity contribution >= 4 is 12.7 Å². The van der Waals surface area contributed by atoms with Gasteiger partial charge in [-0.25, -0.2) is 0 Å². The summed E-state index contributed by atoms with van der Waals surface area (Å²) in [5.41, 5.74) is 0. The maximum absolute atomic E-state index is 10.6. The van der Waals surface area contributed by atoms with E-state index in [-0.39, 0.29) is 12.0 Å². The van der Waals surface area contributed by atoms with Gasteiger partial charge in [-0.3, -0.25) is 4.79 Å². The Labute approximate surface area is 107 Å². The minimum atomic E-state index is -0.283. The van der Waals surface area contributed by atoms with E-state index < -0.39 is 0 Å². The maximum Gasteiger partial charge on any atom is 0.219 e. The number of carbonyl (C=O) groups is 2. The van der Waals surface area contributed by atoms with Crippen LogP contribution in [0.3, 0.4) is 0 Å². The van der Waals surface area contributed by atoms with Crippen molar-refractivity contribution in [1.29, 1.82) is 0 Å². The quantitative estimate of drug-likeness (QED) is 0.717. The second-order valence-corrected chi connectivity index (χ2v) is 2.41. The van der Waals surface area contributed by atoms with Crippen LogP contribution in [0.2, 0.25) is 0 Å². The molecule has 4 nitrogen and oxygen atoms in total. The molecule has 0 radical (unpaired) electrons. The van der Waals surface area contributed by atoms with E-state index in [0.717, 1.165) is 13.0 Å². The monoisotopic (exact) mass is 249 g/mol. The molecule has 1 unspecified atom stereocenters. The van der Waals surface area contributed by atoms with E-state index in [1.165, 1.54) is 6.92 Å². The molecule has 17 heavy (non-hydrogen) atoms. The predicted molar refractivity (Wildman–Crippen MR) is 74.0 cm³/mol. The van der Waals surface area contributed by atoms with Gasteiger partial charge in [0.1, 0.15) is 6.79 Å². The normalized spacial score (nSPS) is 15.5. The summed E-state index contributed by atoms with van der Waals surface area (Å²) in [4.78, 5) is 20.3. The van der Waals surface area contributed by atoms with Crippen LogP contribution in [0, 0.1) is 0 Å². The molecule has 1 atom stereocenters. The lowest BCUT2D eigenvalue weighted by Crippen LogP contribution is -2.26. The fourth-order valence-electron chi connectivity index (χ4n) is 1.03. The summed E-state index contributed by atoms with van der Waals surface area (Å²) in [5.74, 6) is 0.0616. The Bertz CT molecular complexity index is 141. The largest absolute Gasteiger partial charge is 0.391 e. The van der Waals surface area contributed by atoms with Crippen molar-refractivity contribution in [2.75, 3.05) is 13.1 Å². The number of aliphatic hydroxyl groups excluding tert-OH is 1. The summed E-state index contributed by atoms with van der Waals surface area (Å²) in [5, 5.41) is 8.95. The van der Waals surface area contributed by atoms with E-state index in [0.29, 0.717) is 6.54 Å². The Morgan fingerprint density at radius 2 is 1.47 bits per heavy atom. The van der Waals surface area contributed by atoms with Crippen LogP contribution < -0.4 is 0 Å². The van der Waals surface area contributed by atoms with Gasteiger partial charge in [0.25, 0.3) is 0 Å². The van der Waals surface area contributed by atoms with Crippen LogP contribution in [-0.4, -0.2) is 41.9 Å². The maximum atomic E-state index is 10.6. The van der Waals surface area contributed by atoms with Crippen LogP contribution in [0.1, 0.15) is 54.9 Å². The fraction of sp³-hybridized carbons (Fsp3) is 0.846. The van der Waals surface area contributed by atoms with E-state index in [9.17, 15) is 4.79 Å². The van der Waals surface area contributed by atoms with Crippen molar-refractivity contribution in [2.45, 2.75) is 61.0 Å². The lowest BCUT2D eigenvalue weighted by atomic mass is 10.3. The van der Waals surface area contributed by atoms with E-state index in [2.05, 4.69) is 0 Å². The Morgan fingerprint density at radius 3 is 1.59 bits per heavy atom. The Hall–Kier alpha value is -0.900. The average Bonchev–Trinajstić information content (AvgIpc) is 2.86. The first-order chi connectivity index (χ1) is 8.20.